The first-order chi connectivity index (χ1) is 10.0. The second kappa shape index (κ2) is 6.76. The summed E-state index contributed by atoms with van der Waals surface area (Å²) in [6, 6.07) is 5.93. The summed E-state index contributed by atoms with van der Waals surface area (Å²) in [6.45, 7) is 7.08. The molecule has 0 radical (unpaired) electrons. The predicted molar refractivity (Wildman–Crippen MR) is 85.5 cm³/mol. The number of piperidine rings is 1. The molecule has 1 aromatic carbocycles. The van der Waals surface area contributed by atoms with Crippen LogP contribution in [0.1, 0.15) is 40.0 Å². The van der Waals surface area contributed by atoms with Crippen LogP contribution in [0.5, 0.6) is 0 Å². The second-order valence-corrected chi connectivity index (χ2v) is 5.70. The Kier molecular flexibility index (Phi) is 5.01. The van der Waals surface area contributed by atoms with Crippen molar-refractivity contribution in [3.8, 4) is 0 Å². The van der Waals surface area contributed by atoms with E-state index < -0.39 is 0 Å². The average molecular weight is 292 g/mol. The summed E-state index contributed by atoms with van der Waals surface area (Å²) < 4.78 is 0. The highest BCUT2D eigenvalue weighted by molar-refractivity contribution is 5.63. The van der Waals surface area contributed by atoms with Gasteiger partial charge < -0.3 is 10.7 Å². The lowest BCUT2D eigenvalue weighted by molar-refractivity contribution is -0.384. The summed E-state index contributed by atoms with van der Waals surface area (Å²) >= 11 is 0. The second-order valence-electron chi connectivity index (χ2n) is 5.70. The van der Waals surface area contributed by atoms with Crippen LogP contribution < -0.4 is 10.7 Å². The molecule has 0 spiro atoms. The Morgan fingerprint density at radius 3 is 2.43 bits per heavy atom. The van der Waals surface area contributed by atoms with E-state index in [0.717, 1.165) is 30.8 Å². The number of benzene rings is 1. The summed E-state index contributed by atoms with van der Waals surface area (Å²) in [5.41, 5.74) is 5.00. The van der Waals surface area contributed by atoms with Crippen molar-refractivity contribution in [3.05, 3.63) is 28.3 Å². The van der Waals surface area contributed by atoms with E-state index >= 15 is 0 Å². The Morgan fingerprint density at radius 2 is 1.86 bits per heavy atom. The molecular weight excluding hydrogens is 268 g/mol. The van der Waals surface area contributed by atoms with Crippen molar-refractivity contribution in [1.82, 2.24) is 5.01 Å². The molecule has 0 aromatic heterocycles. The van der Waals surface area contributed by atoms with Crippen molar-refractivity contribution in [3.63, 3.8) is 0 Å². The molecule has 1 fully saturated rings. The fourth-order valence-electron chi connectivity index (χ4n) is 2.88. The summed E-state index contributed by atoms with van der Waals surface area (Å²) in [7, 11) is 0. The third-order valence-electron chi connectivity index (χ3n) is 3.96. The number of nitro groups is 1. The number of nitro benzene ring substituents is 1. The van der Waals surface area contributed by atoms with Gasteiger partial charge in [0.1, 0.15) is 0 Å². The van der Waals surface area contributed by atoms with Crippen LogP contribution in [-0.2, 0) is 0 Å². The lowest BCUT2D eigenvalue weighted by atomic mass is 10.00. The molecule has 6 heteroatoms. The van der Waals surface area contributed by atoms with Crippen molar-refractivity contribution in [2.75, 3.05) is 17.3 Å². The first-order valence-corrected chi connectivity index (χ1v) is 7.59. The normalized spacial score (nSPS) is 22.8. The van der Waals surface area contributed by atoms with Gasteiger partial charge in [0, 0.05) is 36.4 Å². The summed E-state index contributed by atoms with van der Waals surface area (Å²) in [5.74, 6) is 0. The van der Waals surface area contributed by atoms with E-state index in [9.17, 15) is 10.1 Å². The standard InChI is InChI=1S/C15H24N4O2/c1-4-16-13-8-14(10-15(9-13)19(20)21)17-18-11(2)6-5-7-12(18)3/h8-12,16-17H,4-7H2,1-3H3. The molecule has 1 aromatic rings. The van der Waals surface area contributed by atoms with Crippen LogP contribution in [0.2, 0.25) is 0 Å². The Hall–Kier alpha value is -1.82. The smallest absolute Gasteiger partial charge is 0.273 e. The number of rotatable bonds is 5. The van der Waals surface area contributed by atoms with Crippen LogP contribution in [0.3, 0.4) is 0 Å². The molecule has 116 valence electrons. The highest BCUT2D eigenvalue weighted by Crippen LogP contribution is 2.28. The van der Waals surface area contributed by atoms with E-state index in [2.05, 4.69) is 29.6 Å². The minimum absolute atomic E-state index is 0.105. The Morgan fingerprint density at radius 1 is 1.24 bits per heavy atom. The quantitative estimate of drug-likeness (QED) is 0.640. The number of hydrogen-bond donors (Lipinski definition) is 2. The minimum Gasteiger partial charge on any atom is -0.385 e. The summed E-state index contributed by atoms with van der Waals surface area (Å²) in [4.78, 5) is 10.7. The van der Waals surface area contributed by atoms with Gasteiger partial charge in [0.15, 0.2) is 0 Å². The van der Waals surface area contributed by atoms with Gasteiger partial charge >= 0.3 is 0 Å². The number of hydrazine groups is 1. The van der Waals surface area contributed by atoms with Crippen molar-refractivity contribution in [2.45, 2.75) is 52.1 Å². The zero-order valence-electron chi connectivity index (χ0n) is 12.9. The van der Waals surface area contributed by atoms with Gasteiger partial charge in [0.05, 0.1) is 10.6 Å². The fourth-order valence-corrected chi connectivity index (χ4v) is 2.88. The van der Waals surface area contributed by atoms with Gasteiger partial charge in [-0.3, -0.25) is 10.1 Å². The van der Waals surface area contributed by atoms with Gasteiger partial charge in [0.25, 0.3) is 5.69 Å². The maximum atomic E-state index is 11.1. The zero-order chi connectivity index (χ0) is 15.4. The first kappa shape index (κ1) is 15.6. The van der Waals surface area contributed by atoms with Crippen molar-refractivity contribution >= 4 is 17.1 Å². The number of non-ortho nitro benzene ring substituents is 1. The topological polar surface area (TPSA) is 70.4 Å². The number of anilines is 2. The van der Waals surface area contributed by atoms with E-state index in [1.165, 1.54) is 6.42 Å². The van der Waals surface area contributed by atoms with E-state index in [1.807, 2.05) is 13.0 Å². The number of nitrogens with one attached hydrogen (secondary N) is 2. The molecular formula is C15H24N4O2. The van der Waals surface area contributed by atoms with Gasteiger partial charge in [-0.05, 0) is 39.7 Å². The lowest BCUT2D eigenvalue weighted by Gasteiger charge is -2.39. The van der Waals surface area contributed by atoms with Gasteiger partial charge in [-0.25, -0.2) is 5.01 Å². The maximum Gasteiger partial charge on any atom is 0.273 e. The molecule has 0 amide bonds. The van der Waals surface area contributed by atoms with Gasteiger partial charge in [0.2, 0.25) is 0 Å². The lowest BCUT2D eigenvalue weighted by Crippen LogP contribution is -2.47. The van der Waals surface area contributed by atoms with E-state index in [4.69, 9.17) is 0 Å². The minimum atomic E-state index is -0.352. The number of hydrogen-bond acceptors (Lipinski definition) is 5. The molecule has 0 saturated carbocycles. The molecule has 1 saturated heterocycles. The van der Waals surface area contributed by atoms with Crippen LogP contribution in [0.25, 0.3) is 0 Å². The van der Waals surface area contributed by atoms with Crippen LogP contribution in [0.4, 0.5) is 17.1 Å². The highest BCUT2D eigenvalue weighted by Gasteiger charge is 2.25. The van der Waals surface area contributed by atoms with Gasteiger partial charge in [-0.15, -0.1) is 0 Å². The largest absolute Gasteiger partial charge is 0.385 e. The third kappa shape index (κ3) is 3.85. The monoisotopic (exact) mass is 292 g/mol. The van der Waals surface area contributed by atoms with E-state index in [1.54, 1.807) is 12.1 Å². The van der Waals surface area contributed by atoms with Crippen LogP contribution in [-0.4, -0.2) is 28.6 Å². The Labute approximate surface area is 125 Å². The summed E-state index contributed by atoms with van der Waals surface area (Å²) in [5, 5.41) is 16.4. The maximum absolute atomic E-state index is 11.1. The highest BCUT2D eigenvalue weighted by atomic mass is 16.6. The van der Waals surface area contributed by atoms with Crippen molar-refractivity contribution < 1.29 is 4.92 Å². The van der Waals surface area contributed by atoms with Gasteiger partial charge in [-0.1, -0.05) is 6.42 Å². The van der Waals surface area contributed by atoms with Crippen LogP contribution in [0.15, 0.2) is 18.2 Å². The molecule has 0 aliphatic carbocycles. The molecule has 1 heterocycles. The summed E-state index contributed by atoms with van der Waals surface area (Å²) in [6.07, 6.45) is 3.52. The van der Waals surface area contributed by atoms with Gasteiger partial charge in [-0.2, -0.15) is 0 Å². The fraction of sp³-hybridized carbons (Fsp3) is 0.600. The van der Waals surface area contributed by atoms with Crippen molar-refractivity contribution in [1.29, 1.82) is 0 Å². The van der Waals surface area contributed by atoms with Crippen LogP contribution >= 0.6 is 0 Å². The number of nitrogens with zero attached hydrogens (tertiary/aromatic N) is 2. The molecule has 2 rings (SSSR count). The zero-order valence-corrected chi connectivity index (χ0v) is 12.9. The molecule has 1 aliphatic heterocycles. The Bertz CT molecular complexity index is 496. The molecule has 2 N–H and O–H groups in total. The molecule has 2 unspecified atom stereocenters. The first-order valence-electron chi connectivity index (χ1n) is 7.59. The van der Waals surface area contributed by atoms with E-state index in [0.29, 0.717) is 12.1 Å². The molecule has 0 bridgehead atoms. The molecule has 2 atom stereocenters. The van der Waals surface area contributed by atoms with Crippen LogP contribution in [0, 0.1) is 10.1 Å². The molecule has 6 nitrogen and oxygen atoms in total. The average Bonchev–Trinajstić information content (AvgIpc) is 2.43. The third-order valence-corrected chi connectivity index (χ3v) is 3.96. The molecule has 1 aliphatic rings. The SMILES string of the molecule is CCNc1cc(NN2C(C)CCCC2C)cc([N+](=O)[O-])c1. The predicted octanol–water partition coefficient (Wildman–Crippen LogP) is 3.62. The van der Waals surface area contributed by atoms with E-state index in [-0.39, 0.29) is 10.6 Å². The molecule has 21 heavy (non-hydrogen) atoms. The van der Waals surface area contributed by atoms with Crippen molar-refractivity contribution in [2.24, 2.45) is 0 Å². The Balaban J connectivity index is 2.23.